The van der Waals surface area contributed by atoms with Crippen LogP contribution in [0.3, 0.4) is 0 Å². The summed E-state index contributed by atoms with van der Waals surface area (Å²) < 4.78 is 10.9. The van der Waals surface area contributed by atoms with Crippen molar-refractivity contribution in [1.29, 1.82) is 0 Å². The first-order valence-electron chi connectivity index (χ1n) is 5.56. The Morgan fingerprint density at radius 3 is 2.62 bits per heavy atom. The van der Waals surface area contributed by atoms with Crippen molar-refractivity contribution in [1.82, 2.24) is 5.43 Å². The maximum Gasteiger partial charge on any atom is 0.122 e. The molecule has 92 valence electrons. The van der Waals surface area contributed by atoms with Gasteiger partial charge in [-0.2, -0.15) is 0 Å². The standard InChI is InChI=1S/C12H22N2O2/c1-9-5-6-11(16-9)10(14-13)7-8-12(2,3)15-4/h5-6,10,14H,7-8,13H2,1-4H3. The van der Waals surface area contributed by atoms with Crippen molar-refractivity contribution in [2.24, 2.45) is 5.84 Å². The quantitative estimate of drug-likeness (QED) is 0.577. The van der Waals surface area contributed by atoms with Crippen LogP contribution in [0, 0.1) is 6.92 Å². The molecule has 0 radical (unpaired) electrons. The number of methoxy groups -OCH3 is 1. The predicted molar refractivity (Wildman–Crippen MR) is 63.8 cm³/mol. The molecule has 1 heterocycles. The minimum absolute atomic E-state index is 0.0446. The number of ether oxygens (including phenoxy) is 1. The van der Waals surface area contributed by atoms with Crippen molar-refractivity contribution in [2.75, 3.05) is 7.11 Å². The van der Waals surface area contributed by atoms with E-state index in [-0.39, 0.29) is 11.6 Å². The Bertz CT molecular complexity index is 321. The molecule has 0 bridgehead atoms. The topological polar surface area (TPSA) is 60.4 Å². The van der Waals surface area contributed by atoms with Gasteiger partial charge in [-0.3, -0.25) is 5.84 Å². The lowest BCUT2D eigenvalue weighted by Crippen LogP contribution is -2.31. The number of rotatable bonds is 6. The lowest BCUT2D eigenvalue weighted by Gasteiger charge is -2.24. The van der Waals surface area contributed by atoms with Crippen molar-refractivity contribution in [3.05, 3.63) is 23.7 Å². The largest absolute Gasteiger partial charge is 0.465 e. The molecule has 1 atom stereocenters. The smallest absolute Gasteiger partial charge is 0.122 e. The van der Waals surface area contributed by atoms with Gasteiger partial charge in [0.15, 0.2) is 0 Å². The van der Waals surface area contributed by atoms with E-state index in [0.29, 0.717) is 0 Å². The van der Waals surface area contributed by atoms with Gasteiger partial charge in [-0.1, -0.05) is 0 Å². The summed E-state index contributed by atoms with van der Waals surface area (Å²) in [6.45, 7) is 6.05. The molecule has 1 rings (SSSR count). The molecule has 0 aliphatic heterocycles. The first-order chi connectivity index (χ1) is 7.48. The summed E-state index contributed by atoms with van der Waals surface area (Å²) in [5.41, 5.74) is 2.65. The second-order valence-electron chi connectivity index (χ2n) is 4.67. The van der Waals surface area contributed by atoms with Crippen LogP contribution in [0.5, 0.6) is 0 Å². The molecular formula is C12H22N2O2. The highest BCUT2D eigenvalue weighted by Crippen LogP contribution is 2.25. The summed E-state index contributed by atoms with van der Waals surface area (Å²) in [7, 11) is 1.72. The van der Waals surface area contributed by atoms with Gasteiger partial charge in [-0.25, -0.2) is 5.43 Å². The van der Waals surface area contributed by atoms with E-state index < -0.39 is 0 Å². The van der Waals surface area contributed by atoms with Crippen molar-refractivity contribution in [3.63, 3.8) is 0 Å². The van der Waals surface area contributed by atoms with Crippen LogP contribution in [0.25, 0.3) is 0 Å². The van der Waals surface area contributed by atoms with Gasteiger partial charge >= 0.3 is 0 Å². The summed E-state index contributed by atoms with van der Waals surface area (Å²) >= 11 is 0. The molecule has 0 amide bonds. The third-order valence-electron chi connectivity index (χ3n) is 2.89. The zero-order chi connectivity index (χ0) is 12.2. The Hall–Kier alpha value is -0.840. The molecule has 1 aromatic rings. The highest BCUT2D eigenvalue weighted by molar-refractivity contribution is 5.09. The Morgan fingerprint density at radius 1 is 1.50 bits per heavy atom. The van der Waals surface area contributed by atoms with E-state index in [9.17, 15) is 0 Å². The van der Waals surface area contributed by atoms with E-state index in [4.69, 9.17) is 15.0 Å². The predicted octanol–water partition coefficient (Wildman–Crippen LogP) is 2.30. The Kier molecular flexibility index (Phi) is 4.53. The second-order valence-corrected chi connectivity index (χ2v) is 4.67. The average molecular weight is 226 g/mol. The first-order valence-corrected chi connectivity index (χ1v) is 5.56. The molecule has 16 heavy (non-hydrogen) atoms. The molecule has 0 saturated heterocycles. The number of hydrogen-bond donors (Lipinski definition) is 2. The van der Waals surface area contributed by atoms with Crippen LogP contribution in [0.2, 0.25) is 0 Å². The Morgan fingerprint density at radius 2 is 2.19 bits per heavy atom. The molecule has 0 aliphatic carbocycles. The minimum Gasteiger partial charge on any atom is -0.465 e. The molecule has 0 aromatic carbocycles. The van der Waals surface area contributed by atoms with E-state index >= 15 is 0 Å². The lowest BCUT2D eigenvalue weighted by atomic mass is 9.98. The van der Waals surface area contributed by atoms with Crippen LogP contribution >= 0.6 is 0 Å². The van der Waals surface area contributed by atoms with Crippen molar-refractivity contribution >= 4 is 0 Å². The minimum atomic E-state index is -0.128. The maximum absolute atomic E-state index is 5.55. The van der Waals surface area contributed by atoms with Gasteiger partial charge in [0.05, 0.1) is 11.6 Å². The van der Waals surface area contributed by atoms with E-state index in [2.05, 4.69) is 19.3 Å². The third-order valence-corrected chi connectivity index (χ3v) is 2.89. The molecule has 0 fully saturated rings. The summed E-state index contributed by atoms with van der Waals surface area (Å²) in [6, 6.07) is 3.95. The van der Waals surface area contributed by atoms with Crippen LogP contribution < -0.4 is 11.3 Å². The van der Waals surface area contributed by atoms with E-state index in [1.165, 1.54) is 0 Å². The van der Waals surface area contributed by atoms with Crippen LogP contribution in [0.15, 0.2) is 16.5 Å². The summed E-state index contributed by atoms with van der Waals surface area (Å²) in [5, 5.41) is 0. The monoisotopic (exact) mass is 226 g/mol. The number of nitrogens with two attached hydrogens (primary N) is 1. The molecule has 4 heteroatoms. The third kappa shape index (κ3) is 3.63. The van der Waals surface area contributed by atoms with E-state index in [0.717, 1.165) is 24.4 Å². The first kappa shape index (κ1) is 13.2. The summed E-state index contributed by atoms with van der Waals surface area (Å²) in [6.07, 6.45) is 1.79. The fourth-order valence-electron chi connectivity index (χ4n) is 1.54. The molecule has 1 aromatic heterocycles. The second kappa shape index (κ2) is 5.48. The van der Waals surface area contributed by atoms with Crippen molar-refractivity contribution in [2.45, 2.75) is 45.3 Å². The lowest BCUT2D eigenvalue weighted by molar-refractivity contribution is 0.0112. The Balaban J connectivity index is 2.56. The Labute approximate surface area is 97.1 Å². The number of hydrazine groups is 1. The highest BCUT2D eigenvalue weighted by Gasteiger charge is 2.21. The molecule has 0 aliphatic rings. The SMILES string of the molecule is COC(C)(C)CCC(NN)c1ccc(C)o1. The molecule has 4 nitrogen and oxygen atoms in total. The van der Waals surface area contributed by atoms with Gasteiger partial charge in [0.1, 0.15) is 11.5 Å². The fraction of sp³-hybridized carbons (Fsp3) is 0.667. The van der Waals surface area contributed by atoms with Crippen molar-refractivity contribution in [3.8, 4) is 0 Å². The van der Waals surface area contributed by atoms with E-state index in [1.807, 2.05) is 19.1 Å². The normalized spacial score (nSPS) is 14.1. The van der Waals surface area contributed by atoms with Crippen LogP contribution in [-0.4, -0.2) is 12.7 Å². The van der Waals surface area contributed by atoms with Crippen molar-refractivity contribution < 1.29 is 9.15 Å². The summed E-state index contributed by atoms with van der Waals surface area (Å²) in [5.74, 6) is 7.32. The zero-order valence-electron chi connectivity index (χ0n) is 10.5. The van der Waals surface area contributed by atoms with Crippen LogP contribution in [0.4, 0.5) is 0 Å². The number of hydrogen-bond acceptors (Lipinski definition) is 4. The average Bonchev–Trinajstić information content (AvgIpc) is 2.66. The van der Waals surface area contributed by atoms with Gasteiger partial charge in [0.25, 0.3) is 0 Å². The fourth-order valence-corrected chi connectivity index (χ4v) is 1.54. The number of nitrogens with one attached hydrogen (secondary N) is 1. The highest BCUT2D eigenvalue weighted by atomic mass is 16.5. The van der Waals surface area contributed by atoms with Gasteiger partial charge < -0.3 is 9.15 Å². The summed E-state index contributed by atoms with van der Waals surface area (Å²) in [4.78, 5) is 0. The van der Waals surface area contributed by atoms with E-state index in [1.54, 1.807) is 7.11 Å². The molecular weight excluding hydrogens is 204 g/mol. The van der Waals surface area contributed by atoms with Gasteiger partial charge in [0, 0.05) is 7.11 Å². The van der Waals surface area contributed by atoms with Gasteiger partial charge in [-0.05, 0) is 45.7 Å². The maximum atomic E-state index is 5.55. The van der Waals surface area contributed by atoms with Gasteiger partial charge in [0.2, 0.25) is 0 Å². The number of aryl methyl sites for hydroxylation is 1. The van der Waals surface area contributed by atoms with Crippen LogP contribution in [0.1, 0.15) is 44.3 Å². The number of furan rings is 1. The zero-order valence-corrected chi connectivity index (χ0v) is 10.5. The van der Waals surface area contributed by atoms with Gasteiger partial charge in [-0.15, -0.1) is 0 Å². The molecule has 3 N–H and O–H groups in total. The molecule has 0 spiro atoms. The van der Waals surface area contributed by atoms with Crippen LogP contribution in [-0.2, 0) is 4.74 Å². The molecule has 0 saturated carbocycles. The molecule has 1 unspecified atom stereocenters.